The summed E-state index contributed by atoms with van der Waals surface area (Å²) >= 11 is 0. The lowest BCUT2D eigenvalue weighted by molar-refractivity contribution is -0.147. The van der Waals surface area contributed by atoms with Gasteiger partial charge in [0.05, 0.1) is 23.7 Å². The van der Waals surface area contributed by atoms with Crippen LogP contribution >= 0.6 is 0 Å². The van der Waals surface area contributed by atoms with Gasteiger partial charge in [0.2, 0.25) is 0 Å². The molecule has 5 nitrogen and oxygen atoms in total. The summed E-state index contributed by atoms with van der Waals surface area (Å²) in [4.78, 5) is 10.7. The summed E-state index contributed by atoms with van der Waals surface area (Å²) < 4.78 is 1.58. The lowest BCUT2D eigenvalue weighted by atomic mass is 9.80. The number of aromatic nitrogens is 2. The van der Waals surface area contributed by atoms with Crippen molar-refractivity contribution in [3.8, 4) is 6.07 Å². The molecule has 14 heavy (non-hydrogen) atoms. The fourth-order valence-electron chi connectivity index (χ4n) is 1.66. The van der Waals surface area contributed by atoms with Crippen molar-refractivity contribution in [1.29, 1.82) is 5.26 Å². The van der Waals surface area contributed by atoms with Gasteiger partial charge in [0.25, 0.3) is 0 Å². The minimum Gasteiger partial charge on any atom is -0.481 e. The van der Waals surface area contributed by atoms with Gasteiger partial charge in [-0.05, 0) is 12.8 Å². The molecule has 0 saturated heterocycles. The van der Waals surface area contributed by atoms with Crippen LogP contribution in [0.1, 0.15) is 24.4 Å². The topological polar surface area (TPSA) is 78.9 Å². The number of nitriles is 1. The zero-order chi connectivity index (χ0) is 10.1. The molecule has 1 fully saturated rings. The highest BCUT2D eigenvalue weighted by molar-refractivity contribution is 5.71. The summed E-state index contributed by atoms with van der Waals surface area (Å²) in [7, 11) is 0. The Balaban J connectivity index is 2.17. The summed E-state index contributed by atoms with van der Waals surface area (Å²) in [6.07, 6.45) is 4.57. The molecule has 1 N–H and O–H groups in total. The number of carboxylic acids is 1. The highest BCUT2D eigenvalue weighted by Gasteiger charge is 2.38. The number of nitrogens with zero attached hydrogens (tertiary/aromatic N) is 3. The summed E-state index contributed by atoms with van der Waals surface area (Å²) in [5, 5.41) is 21.4. The number of carbonyl (C=O) groups is 1. The van der Waals surface area contributed by atoms with Crippen LogP contribution in [0.15, 0.2) is 12.4 Å². The quantitative estimate of drug-likeness (QED) is 0.749. The number of hydrogen-bond donors (Lipinski definition) is 1. The SMILES string of the molecule is N#Cc1cnn(C2CCC2C(=O)O)c1. The molecule has 2 unspecified atom stereocenters. The average molecular weight is 191 g/mol. The van der Waals surface area contributed by atoms with Gasteiger partial charge in [0.15, 0.2) is 0 Å². The van der Waals surface area contributed by atoms with Gasteiger partial charge in [-0.3, -0.25) is 9.48 Å². The van der Waals surface area contributed by atoms with E-state index in [9.17, 15) is 4.79 Å². The molecule has 0 amide bonds. The van der Waals surface area contributed by atoms with Gasteiger partial charge in [-0.15, -0.1) is 0 Å². The molecule has 0 spiro atoms. The third-order valence-corrected chi connectivity index (χ3v) is 2.63. The third kappa shape index (κ3) is 1.25. The predicted octanol–water partition coefficient (Wildman–Crippen LogP) is 0.790. The van der Waals surface area contributed by atoms with E-state index >= 15 is 0 Å². The molecule has 1 heterocycles. The van der Waals surface area contributed by atoms with E-state index < -0.39 is 5.97 Å². The average Bonchev–Trinajstić information content (AvgIpc) is 2.49. The molecule has 0 bridgehead atoms. The van der Waals surface area contributed by atoms with Crippen molar-refractivity contribution in [3.63, 3.8) is 0 Å². The Morgan fingerprint density at radius 2 is 2.50 bits per heavy atom. The van der Waals surface area contributed by atoms with Crippen LogP contribution in [0.25, 0.3) is 0 Å². The first-order valence-electron chi connectivity index (χ1n) is 4.39. The molecule has 1 aromatic rings. The van der Waals surface area contributed by atoms with Gasteiger partial charge in [-0.1, -0.05) is 0 Å². The number of aliphatic carboxylic acids is 1. The molecular formula is C9H9N3O2. The van der Waals surface area contributed by atoms with Crippen molar-refractivity contribution < 1.29 is 9.90 Å². The summed E-state index contributed by atoms with van der Waals surface area (Å²) in [5.41, 5.74) is 0.473. The van der Waals surface area contributed by atoms with Gasteiger partial charge < -0.3 is 5.11 Å². The lowest BCUT2D eigenvalue weighted by Gasteiger charge is -2.33. The van der Waals surface area contributed by atoms with E-state index in [0.29, 0.717) is 12.0 Å². The summed E-state index contributed by atoms with van der Waals surface area (Å²) in [6, 6.07) is 1.89. The second-order valence-electron chi connectivity index (χ2n) is 3.41. The maximum Gasteiger partial charge on any atom is 0.308 e. The third-order valence-electron chi connectivity index (χ3n) is 2.63. The van der Waals surface area contributed by atoms with E-state index in [1.165, 1.54) is 6.20 Å². The van der Waals surface area contributed by atoms with E-state index in [2.05, 4.69) is 5.10 Å². The molecule has 1 aliphatic rings. The van der Waals surface area contributed by atoms with E-state index in [1.54, 1.807) is 10.9 Å². The maximum absolute atomic E-state index is 10.7. The first kappa shape index (κ1) is 8.75. The first-order valence-corrected chi connectivity index (χ1v) is 4.39. The second-order valence-corrected chi connectivity index (χ2v) is 3.41. The van der Waals surface area contributed by atoms with Crippen LogP contribution in [-0.2, 0) is 4.79 Å². The molecule has 0 radical (unpaired) electrons. The number of rotatable bonds is 2. The van der Waals surface area contributed by atoms with Gasteiger partial charge in [-0.25, -0.2) is 0 Å². The molecule has 72 valence electrons. The van der Waals surface area contributed by atoms with Crippen LogP contribution < -0.4 is 0 Å². The Kier molecular flexibility index (Phi) is 1.97. The zero-order valence-electron chi connectivity index (χ0n) is 7.42. The lowest BCUT2D eigenvalue weighted by Crippen LogP contribution is -2.35. The second kappa shape index (κ2) is 3.14. The Hall–Kier alpha value is -1.83. The van der Waals surface area contributed by atoms with E-state index in [0.717, 1.165) is 6.42 Å². The monoisotopic (exact) mass is 191 g/mol. The zero-order valence-corrected chi connectivity index (χ0v) is 7.42. The normalized spacial score (nSPS) is 25.1. The van der Waals surface area contributed by atoms with Crippen molar-refractivity contribution in [2.45, 2.75) is 18.9 Å². The van der Waals surface area contributed by atoms with E-state index in [1.807, 2.05) is 6.07 Å². The smallest absolute Gasteiger partial charge is 0.308 e. The summed E-state index contributed by atoms with van der Waals surface area (Å²) in [6.45, 7) is 0. The molecule has 2 rings (SSSR count). The molecule has 0 aliphatic heterocycles. The van der Waals surface area contributed by atoms with Crippen LogP contribution in [-0.4, -0.2) is 20.9 Å². The molecule has 5 heteroatoms. The van der Waals surface area contributed by atoms with Crippen molar-refractivity contribution in [2.75, 3.05) is 0 Å². The Bertz CT molecular complexity index is 404. The van der Waals surface area contributed by atoms with Crippen molar-refractivity contribution >= 4 is 5.97 Å². The molecule has 1 aliphatic carbocycles. The van der Waals surface area contributed by atoms with Crippen molar-refractivity contribution in [3.05, 3.63) is 18.0 Å². The predicted molar refractivity (Wildman–Crippen MR) is 46.3 cm³/mol. The van der Waals surface area contributed by atoms with Gasteiger partial charge in [0.1, 0.15) is 6.07 Å². The van der Waals surface area contributed by atoms with E-state index in [4.69, 9.17) is 10.4 Å². The standard InChI is InChI=1S/C9H9N3O2/c10-3-6-4-11-12(5-6)8-2-1-7(8)9(13)14/h4-5,7-8H,1-2H2,(H,13,14). The minimum absolute atomic E-state index is 0.0744. The largest absolute Gasteiger partial charge is 0.481 e. The molecule has 2 atom stereocenters. The van der Waals surface area contributed by atoms with Crippen LogP contribution in [0.5, 0.6) is 0 Å². The van der Waals surface area contributed by atoms with Crippen molar-refractivity contribution in [2.24, 2.45) is 5.92 Å². The van der Waals surface area contributed by atoms with Crippen molar-refractivity contribution in [1.82, 2.24) is 9.78 Å². The van der Waals surface area contributed by atoms with Gasteiger partial charge in [0, 0.05) is 6.20 Å². The van der Waals surface area contributed by atoms with Crippen LogP contribution in [0, 0.1) is 17.2 Å². The highest BCUT2D eigenvalue weighted by atomic mass is 16.4. The molecule has 1 saturated carbocycles. The highest BCUT2D eigenvalue weighted by Crippen LogP contribution is 2.38. The number of carboxylic acid groups (broad SMARTS) is 1. The number of hydrogen-bond acceptors (Lipinski definition) is 3. The minimum atomic E-state index is -0.782. The van der Waals surface area contributed by atoms with Crippen LogP contribution in [0.3, 0.4) is 0 Å². The van der Waals surface area contributed by atoms with Gasteiger partial charge >= 0.3 is 5.97 Å². The first-order chi connectivity index (χ1) is 6.72. The fraction of sp³-hybridized carbons (Fsp3) is 0.444. The molecular weight excluding hydrogens is 182 g/mol. The van der Waals surface area contributed by atoms with E-state index in [-0.39, 0.29) is 12.0 Å². The molecule has 1 aromatic heterocycles. The molecule has 0 aromatic carbocycles. The van der Waals surface area contributed by atoms with Crippen LogP contribution in [0.4, 0.5) is 0 Å². The van der Waals surface area contributed by atoms with Gasteiger partial charge in [-0.2, -0.15) is 10.4 Å². The Labute approximate surface area is 80.6 Å². The maximum atomic E-state index is 10.7. The Morgan fingerprint density at radius 1 is 1.71 bits per heavy atom. The fourth-order valence-corrected chi connectivity index (χ4v) is 1.66. The van der Waals surface area contributed by atoms with Crippen LogP contribution in [0.2, 0.25) is 0 Å². The summed E-state index contributed by atoms with van der Waals surface area (Å²) in [5.74, 6) is -1.13. The Morgan fingerprint density at radius 3 is 2.93 bits per heavy atom.